The van der Waals surface area contributed by atoms with Crippen molar-refractivity contribution >= 4 is 49.9 Å². The highest BCUT2D eigenvalue weighted by Gasteiger charge is 2.08. The van der Waals surface area contributed by atoms with Gasteiger partial charge in [-0.15, -0.1) is 0 Å². The number of ether oxygens (including phenoxy) is 1. The molecule has 0 spiro atoms. The van der Waals surface area contributed by atoms with Crippen molar-refractivity contribution in [2.24, 2.45) is 0 Å². The molecule has 0 saturated heterocycles. The minimum atomic E-state index is 0.371. The first-order valence-electron chi connectivity index (χ1n) is 6.40. The Bertz CT molecular complexity index is 802. The first-order valence-corrected chi connectivity index (χ1v) is 7.94. The summed E-state index contributed by atoms with van der Waals surface area (Å²) in [7, 11) is 0. The predicted molar refractivity (Wildman–Crippen MR) is 92.4 cm³/mol. The van der Waals surface area contributed by atoms with Gasteiger partial charge in [0.05, 0.1) is 14.5 Å². The highest BCUT2D eigenvalue weighted by molar-refractivity contribution is 9.10. The first kappa shape index (κ1) is 14.7. The smallest absolute Gasteiger partial charge is 0.134 e. The van der Waals surface area contributed by atoms with Crippen LogP contribution in [0.4, 0.5) is 0 Å². The van der Waals surface area contributed by atoms with Crippen molar-refractivity contribution in [1.29, 1.82) is 0 Å². The molecule has 0 saturated carbocycles. The van der Waals surface area contributed by atoms with Gasteiger partial charge in [0.25, 0.3) is 0 Å². The molecule has 0 aliphatic rings. The van der Waals surface area contributed by atoms with E-state index in [2.05, 4.69) is 28.1 Å². The third-order valence-electron chi connectivity index (χ3n) is 3.24. The molecule has 0 aliphatic carbocycles. The van der Waals surface area contributed by atoms with Gasteiger partial charge in [-0.1, -0.05) is 65.7 Å². The largest absolute Gasteiger partial charge is 0.488 e. The molecule has 3 rings (SSSR count). The topological polar surface area (TPSA) is 9.23 Å². The van der Waals surface area contributed by atoms with E-state index in [4.69, 9.17) is 27.9 Å². The van der Waals surface area contributed by atoms with Crippen LogP contribution in [-0.4, -0.2) is 0 Å². The lowest BCUT2D eigenvalue weighted by atomic mass is 10.1. The normalized spacial score (nSPS) is 10.8. The lowest BCUT2D eigenvalue weighted by molar-refractivity contribution is 0.305. The zero-order valence-electron chi connectivity index (χ0n) is 10.9. The number of rotatable bonds is 3. The lowest BCUT2D eigenvalue weighted by Crippen LogP contribution is -1.97. The molecule has 3 aromatic carbocycles. The fourth-order valence-corrected chi connectivity index (χ4v) is 3.12. The van der Waals surface area contributed by atoms with Crippen molar-refractivity contribution in [3.63, 3.8) is 0 Å². The molecular formula is C17H11BrCl2O. The van der Waals surface area contributed by atoms with Gasteiger partial charge in [0, 0.05) is 5.56 Å². The molecule has 106 valence electrons. The summed E-state index contributed by atoms with van der Waals surface area (Å²) in [5.41, 5.74) is 0.865. The average Bonchev–Trinajstić information content (AvgIpc) is 2.51. The second-order valence-corrected chi connectivity index (χ2v) is 6.18. The van der Waals surface area contributed by atoms with Crippen LogP contribution in [0.5, 0.6) is 5.75 Å². The van der Waals surface area contributed by atoms with Crippen LogP contribution in [0.25, 0.3) is 10.8 Å². The zero-order chi connectivity index (χ0) is 14.8. The number of hydrogen-bond donors (Lipinski definition) is 0. The van der Waals surface area contributed by atoms with Gasteiger partial charge in [-0.25, -0.2) is 0 Å². The SMILES string of the molecule is Clc1cccc(COc2ccc3ccccc3c2Br)c1Cl. The summed E-state index contributed by atoms with van der Waals surface area (Å²) < 4.78 is 6.82. The van der Waals surface area contributed by atoms with Crippen LogP contribution < -0.4 is 4.74 Å². The summed E-state index contributed by atoms with van der Waals surface area (Å²) >= 11 is 15.8. The van der Waals surface area contributed by atoms with Crippen LogP contribution >= 0.6 is 39.1 Å². The molecule has 0 fully saturated rings. The van der Waals surface area contributed by atoms with Crippen molar-refractivity contribution in [2.45, 2.75) is 6.61 Å². The maximum Gasteiger partial charge on any atom is 0.134 e. The number of fused-ring (bicyclic) bond motifs is 1. The Kier molecular flexibility index (Phi) is 4.39. The third kappa shape index (κ3) is 3.03. The van der Waals surface area contributed by atoms with Crippen molar-refractivity contribution in [2.75, 3.05) is 0 Å². The van der Waals surface area contributed by atoms with E-state index in [1.807, 2.05) is 36.4 Å². The summed E-state index contributed by atoms with van der Waals surface area (Å²) in [6.45, 7) is 0.371. The van der Waals surface area contributed by atoms with Gasteiger partial charge in [-0.05, 0) is 38.8 Å². The molecule has 0 aromatic heterocycles. The first-order chi connectivity index (χ1) is 10.2. The van der Waals surface area contributed by atoms with Crippen LogP contribution in [0.15, 0.2) is 59.1 Å². The summed E-state index contributed by atoms with van der Waals surface area (Å²) in [6.07, 6.45) is 0. The van der Waals surface area contributed by atoms with Gasteiger partial charge < -0.3 is 4.74 Å². The van der Waals surface area contributed by atoms with Crippen LogP contribution in [0, 0.1) is 0 Å². The maximum atomic E-state index is 6.17. The second kappa shape index (κ2) is 6.27. The van der Waals surface area contributed by atoms with Gasteiger partial charge in [0.15, 0.2) is 0 Å². The maximum absolute atomic E-state index is 6.17. The monoisotopic (exact) mass is 380 g/mol. The molecule has 0 amide bonds. The standard InChI is InChI=1S/C17H11BrCl2O/c18-16-13-6-2-1-4-11(13)8-9-15(16)21-10-12-5-3-7-14(19)17(12)20/h1-9H,10H2. The molecule has 4 heteroatoms. The average molecular weight is 382 g/mol. The minimum Gasteiger partial charge on any atom is -0.488 e. The second-order valence-electron chi connectivity index (χ2n) is 4.60. The van der Waals surface area contributed by atoms with E-state index in [1.165, 1.54) is 0 Å². The quantitative estimate of drug-likeness (QED) is 0.503. The molecule has 0 radical (unpaired) electrons. The fraction of sp³-hybridized carbons (Fsp3) is 0.0588. The Morgan fingerprint density at radius 2 is 1.71 bits per heavy atom. The molecule has 0 unspecified atom stereocenters. The molecule has 1 nitrogen and oxygen atoms in total. The molecule has 0 heterocycles. The fourth-order valence-electron chi connectivity index (χ4n) is 2.14. The summed E-state index contributed by atoms with van der Waals surface area (Å²) in [5, 5.41) is 3.36. The van der Waals surface area contributed by atoms with Crippen LogP contribution in [0.3, 0.4) is 0 Å². The van der Waals surface area contributed by atoms with Gasteiger partial charge in [-0.2, -0.15) is 0 Å². The molecule has 21 heavy (non-hydrogen) atoms. The van der Waals surface area contributed by atoms with Crippen LogP contribution in [0.1, 0.15) is 5.56 Å². The molecule has 0 N–H and O–H groups in total. The summed E-state index contributed by atoms with van der Waals surface area (Å²) in [5.74, 6) is 0.782. The van der Waals surface area contributed by atoms with Gasteiger partial charge in [-0.3, -0.25) is 0 Å². The Morgan fingerprint density at radius 1 is 0.905 bits per heavy atom. The van der Waals surface area contributed by atoms with E-state index in [-0.39, 0.29) is 0 Å². The Labute approximate surface area is 141 Å². The van der Waals surface area contributed by atoms with Crippen LogP contribution in [0.2, 0.25) is 10.0 Å². The molecule has 0 atom stereocenters. The van der Waals surface area contributed by atoms with E-state index in [9.17, 15) is 0 Å². The van der Waals surface area contributed by atoms with Crippen molar-refractivity contribution < 1.29 is 4.74 Å². The van der Waals surface area contributed by atoms with Crippen molar-refractivity contribution in [3.8, 4) is 5.75 Å². The highest BCUT2D eigenvalue weighted by Crippen LogP contribution is 2.34. The Hall–Kier alpha value is -1.22. The predicted octanol–water partition coefficient (Wildman–Crippen LogP) is 6.49. The number of benzene rings is 3. The molecule has 0 bridgehead atoms. The lowest BCUT2D eigenvalue weighted by Gasteiger charge is -2.11. The molecule has 3 aromatic rings. The number of hydrogen-bond acceptors (Lipinski definition) is 1. The van der Waals surface area contributed by atoms with E-state index in [1.54, 1.807) is 6.07 Å². The van der Waals surface area contributed by atoms with E-state index in [0.717, 1.165) is 26.6 Å². The van der Waals surface area contributed by atoms with Crippen molar-refractivity contribution in [1.82, 2.24) is 0 Å². The van der Waals surface area contributed by atoms with Gasteiger partial charge in [0.2, 0.25) is 0 Å². The molecule has 0 aliphatic heterocycles. The summed E-state index contributed by atoms with van der Waals surface area (Å²) in [6, 6.07) is 17.7. The van der Waals surface area contributed by atoms with Gasteiger partial charge >= 0.3 is 0 Å². The number of halogens is 3. The Morgan fingerprint density at radius 3 is 2.57 bits per heavy atom. The van der Waals surface area contributed by atoms with E-state index < -0.39 is 0 Å². The third-order valence-corrected chi connectivity index (χ3v) is 4.92. The van der Waals surface area contributed by atoms with E-state index in [0.29, 0.717) is 16.7 Å². The minimum absolute atomic E-state index is 0.371. The Balaban J connectivity index is 1.89. The van der Waals surface area contributed by atoms with Gasteiger partial charge in [0.1, 0.15) is 12.4 Å². The van der Waals surface area contributed by atoms with E-state index >= 15 is 0 Å². The zero-order valence-corrected chi connectivity index (χ0v) is 14.0. The van der Waals surface area contributed by atoms with Crippen molar-refractivity contribution in [3.05, 3.63) is 74.7 Å². The van der Waals surface area contributed by atoms with Crippen LogP contribution in [-0.2, 0) is 6.61 Å². The molecular weight excluding hydrogens is 371 g/mol. The summed E-state index contributed by atoms with van der Waals surface area (Å²) in [4.78, 5) is 0. The highest BCUT2D eigenvalue weighted by atomic mass is 79.9.